The highest BCUT2D eigenvalue weighted by Crippen LogP contribution is 2.39. The van der Waals surface area contributed by atoms with Crippen molar-refractivity contribution >= 4 is 28.7 Å². The van der Waals surface area contributed by atoms with E-state index < -0.39 is 0 Å². The number of ether oxygens (including phenoxy) is 2. The third kappa shape index (κ3) is 2.04. The van der Waals surface area contributed by atoms with Crippen LogP contribution in [0.5, 0.6) is 11.5 Å². The molecule has 0 aromatic heterocycles. The minimum Gasteiger partial charge on any atom is -0.490 e. The summed E-state index contributed by atoms with van der Waals surface area (Å²) in [7, 11) is 0. The summed E-state index contributed by atoms with van der Waals surface area (Å²) in [6.45, 7) is 5.06. The van der Waals surface area contributed by atoms with Gasteiger partial charge in [0.1, 0.15) is 0 Å². The van der Waals surface area contributed by atoms with Crippen LogP contribution >= 0.6 is 12.2 Å². The molecule has 0 atom stereocenters. The second-order valence-electron chi connectivity index (χ2n) is 3.22. The summed E-state index contributed by atoms with van der Waals surface area (Å²) in [6.07, 6.45) is 0. The van der Waals surface area contributed by atoms with Crippen molar-refractivity contribution in [3.05, 3.63) is 12.1 Å². The molecule has 1 aliphatic rings. The zero-order chi connectivity index (χ0) is 11.5. The fourth-order valence-electron chi connectivity index (χ4n) is 1.53. The number of fused-ring (bicyclic) bond motifs is 1. The zero-order valence-corrected chi connectivity index (χ0v) is 10.1. The Bertz CT molecular complexity index is 384. The van der Waals surface area contributed by atoms with Gasteiger partial charge in [-0.15, -0.1) is 0 Å². The van der Waals surface area contributed by atoms with Gasteiger partial charge in [0.25, 0.3) is 0 Å². The molecule has 4 nitrogen and oxygen atoms in total. The average molecular weight is 237 g/mol. The van der Waals surface area contributed by atoms with Crippen LogP contribution in [0.1, 0.15) is 13.8 Å². The number of anilines is 1. The van der Waals surface area contributed by atoms with E-state index in [0.29, 0.717) is 24.1 Å². The Morgan fingerprint density at radius 2 is 1.81 bits per heavy atom. The van der Waals surface area contributed by atoms with Gasteiger partial charge in [0.05, 0.1) is 24.6 Å². The van der Waals surface area contributed by atoms with Gasteiger partial charge in [-0.05, 0) is 26.1 Å². The number of nitrogens with one attached hydrogen (secondary N) is 1. The predicted octanol–water partition coefficient (Wildman–Crippen LogP) is 2.43. The van der Waals surface area contributed by atoms with Gasteiger partial charge in [0, 0.05) is 12.1 Å². The Morgan fingerprint density at radius 1 is 1.19 bits per heavy atom. The maximum absolute atomic E-state index is 5.50. The number of thiocarbonyl (C=S) groups is 1. The highest BCUT2D eigenvalue weighted by molar-refractivity contribution is 7.80. The first-order chi connectivity index (χ1) is 7.74. The van der Waals surface area contributed by atoms with Crippen molar-refractivity contribution in [3.8, 4) is 11.5 Å². The minimum absolute atomic E-state index is 0.478. The molecule has 16 heavy (non-hydrogen) atoms. The summed E-state index contributed by atoms with van der Waals surface area (Å²) < 4.78 is 11.0. The lowest BCUT2D eigenvalue weighted by Crippen LogP contribution is -2.07. The number of benzene rings is 1. The molecular weight excluding hydrogens is 224 g/mol. The Morgan fingerprint density at radius 3 is 2.44 bits per heavy atom. The second kappa shape index (κ2) is 4.57. The first-order valence-corrected chi connectivity index (χ1v) is 5.61. The second-order valence-corrected chi connectivity index (χ2v) is 3.61. The van der Waals surface area contributed by atoms with Gasteiger partial charge < -0.3 is 14.8 Å². The van der Waals surface area contributed by atoms with Gasteiger partial charge in [-0.3, -0.25) is 0 Å². The third-order valence-electron chi connectivity index (χ3n) is 2.13. The molecule has 0 amide bonds. The molecule has 1 heterocycles. The number of nitrogens with zero attached hydrogens (tertiary/aromatic N) is 1. The molecule has 0 aliphatic carbocycles. The van der Waals surface area contributed by atoms with E-state index in [1.165, 1.54) is 0 Å². The van der Waals surface area contributed by atoms with Crippen LogP contribution < -0.4 is 20.1 Å². The molecule has 1 aliphatic heterocycles. The molecule has 0 bridgehead atoms. The Kier molecular flexibility index (Phi) is 3.14. The quantitative estimate of drug-likeness (QED) is 0.817. The molecule has 1 aromatic carbocycles. The fourth-order valence-corrected chi connectivity index (χ4v) is 1.74. The SMILES string of the molecule is CCOc1cc2c(cc1OCC)NC(=S)[N]2. The molecule has 0 fully saturated rings. The summed E-state index contributed by atoms with van der Waals surface area (Å²) in [6, 6.07) is 3.71. The van der Waals surface area contributed by atoms with Crippen molar-refractivity contribution in [2.24, 2.45) is 0 Å². The molecule has 5 heteroatoms. The highest BCUT2D eigenvalue weighted by Gasteiger charge is 2.19. The Labute approximate surface area is 99.9 Å². The highest BCUT2D eigenvalue weighted by atomic mass is 32.1. The van der Waals surface area contributed by atoms with Crippen molar-refractivity contribution in [2.45, 2.75) is 13.8 Å². The molecule has 85 valence electrons. The molecule has 1 aromatic rings. The van der Waals surface area contributed by atoms with Gasteiger partial charge in [0.15, 0.2) is 16.6 Å². The molecule has 0 spiro atoms. The van der Waals surface area contributed by atoms with Gasteiger partial charge in [0.2, 0.25) is 0 Å². The van der Waals surface area contributed by atoms with Crippen LogP contribution in [0.25, 0.3) is 0 Å². The van der Waals surface area contributed by atoms with Crippen molar-refractivity contribution in [1.29, 1.82) is 0 Å². The molecule has 0 unspecified atom stereocenters. The fraction of sp³-hybridized carbons (Fsp3) is 0.364. The van der Waals surface area contributed by atoms with Crippen molar-refractivity contribution in [2.75, 3.05) is 18.5 Å². The third-order valence-corrected chi connectivity index (χ3v) is 2.32. The molecule has 2 rings (SSSR count). The number of hydrogen-bond acceptors (Lipinski definition) is 3. The van der Waals surface area contributed by atoms with Gasteiger partial charge in [-0.1, -0.05) is 0 Å². The Hall–Kier alpha value is -1.49. The van der Waals surface area contributed by atoms with Crippen LogP contribution in [0.2, 0.25) is 0 Å². The summed E-state index contributed by atoms with van der Waals surface area (Å²) >= 11 is 4.98. The summed E-state index contributed by atoms with van der Waals surface area (Å²) in [4.78, 5) is 0. The zero-order valence-electron chi connectivity index (χ0n) is 9.24. The predicted molar refractivity (Wildman–Crippen MR) is 66.8 cm³/mol. The standard InChI is InChI=1S/C11H13N2O2S/c1-3-14-9-5-7-8(13-11(16)12-7)6-10(9)15-4-2/h5-6H,3-4H2,1-2H3,(H,12,16). The molecule has 0 saturated carbocycles. The van der Waals surface area contributed by atoms with E-state index in [2.05, 4.69) is 10.6 Å². The summed E-state index contributed by atoms with van der Waals surface area (Å²) in [5.74, 6) is 1.42. The van der Waals surface area contributed by atoms with E-state index in [1.807, 2.05) is 26.0 Å². The topological polar surface area (TPSA) is 44.6 Å². The summed E-state index contributed by atoms with van der Waals surface area (Å²) in [5.41, 5.74) is 1.67. The van der Waals surface area contributed by atoms with Crippen molar-refractivity contribution in [1.82, 2.24) is 5.32 Å². The smallest absolute Gasteiger partial charge is 0.197 e. The van der Waals surface area contributed by atoms with E-state index >= 15 is 0 Å². The maximum atomic E-state index is 5.50. The lowest BCUT2D eigenvalue weighted by atomic mass is 10.2. The van der Waals surface area contributed by atoms with E-state index in [0.717, 1.165) is 17.1 Å². The van der Waals surface area contributed by atoms with Gasteiger partial charge >= 0.3 is 0 Å². The first-order valence-electron chi connectivity index (χ1n) is 5.21. The molecular formula is C11H13N2O2S. The van der Waals surface area contributed by atoms with Crippen LogP contribution in [0.4, 0.5) is 11.4 Å². The van der Waals surface area contributed by atoms with Gasteiger partial charge in [-0.2, -0.15) is 0 Å². The van der Waals surface area contributed by atoms with Crippen molar-refractivity contribution in [3.63, 3.8) is 0 Å². The molecule has 1 N–H and O–H groups in total. The van der Waals surface area contributed by atoms with E-state index in [9.17, 15) is 0 Å². The van der Waals surface area contributed by atoms with Crippen LogP contribution in [0.15, 0.2) is 12.1 Å². The van der Waals surface area contributed by atoms with E-state index in [-0.39, 0.29) is 0 Å². The lowest BCUT2D eigenvalue weighted by molar-refractivity contribution is 0.288. The lowest BCUT2D eigenvalue weighted by Gasteiger charge is -2.11. The minimum atomic E-state index is 0.478. The monoisotopic (exact) mass is 237 g/mol. The maximum Gasteiger partial charge on any atom is 0.197 e. The van der Waals surface area contributed by atoms with E-state index in [1.54, 1.807) is 0 Å². The largest absolute Gasteiger partial charge is 0.490 e. The van der Waals surface area contributed by atoms with Crippen LogP contribution in [0.3, 0.4) is 0 Å². The normalized spacial score (nSPS) is 12.8. The van der Waals surface area contributed by atoms with Crippen LogP contribution in [-0.4, -0.2) is 18.3 Å². The number of hydrogen-bond donors (Lipinski definition) is 1. The summed E-state index contributed by atoms with van der Waals surface area (Å²) in [5, 5.41) is 7.65. The molecule has 0 saturated heterocycles. The average Bonchev–Trinajstić information content (AvgIpc) is 2.58. The Balaban J connectivity index is 2.36. The number of rotatable bonds is 4. The van der Waals surface area contributed by atoms with Crippen molar-refractivity contribution < 1.29 is 9.47 Å². The van der Waals surface area contributed by atoms with Crippen LogP contribution in [0, 0.1) is 0 Å². The van der Waals surface area contributed by atoms with E-state index in [4.69, 9.17) is 21.7 Å². The van der Waals surface area contributed by atoms with Gasteiger partial charge in [-0.25, -0.2) is 5.32 Å². The molecule has 1 radical (unpaired) electrons. The van der Waals surface area contributed by atoms with Crippen LogP contribution in [-0.2, 0) is 0 Å². The first kappa shape index (κ1) is 11.0.